The third kappa shape index (κ3) is 3.24. The molecule has 1 fully saturated rings. The Morgan fingerprint density at radius 3 is 2.91 bits per heavy atom. The predicted molar refractivity (Wildman–Crippen MR) is 90.6 cm³/mol. The summed E-state index contributed by atoms with van der Waals surface area (Å²) in [5.41, 5.74) is 1.14. The molecule has 1 aliphatic rings. The van der Waals surface area contributed by atoms with E-state index in [1.165, 1.54) is 5.39 Å². The monoisotopic (exact) mass is 310 g/mol. The van der Waals surface area contributed by atoms with Crippen LogP contribution in [0.3, 0.4) is 0 Å². The van der Waals surface area contributed by atoms with Crippen molar-refractivity contribution in [2.24, 2.45) is 0 Å². The molecular formula is C18H22N4O. The van der Waals surface area contributed by atoms with E-state index in [1.807, 2.05) is 24.9 Å². The Hall–Kier alpha value is -2.27. The Labute approximate surface area is 135 Å². The maximum atomic E-state index is 6.26. The van der Waals surface area contributed by atoms with E-state index >= 15 is 0 Å². The van der Waals surface area contributed by atoms with Gasteiger partial charge in [-0.3, -0.25) is 0 Å². The van der Waals surface area contributed by atoms with E-state index in [-0.39, 0.29) is 0 Å². The highest BCUT2D eigenvalue weighted by atomic mass is 16.5. The number of imidazole rings is 1. The molecule has 0 amide bonds. The fourth-order valence-corrected chi connectivity index (χ4v) is 3.27. The average molecular weight is 310 g/mol. The van der Waals surface area contributed by atoms with Crippen LogP contribution in [-0.2, 0) is 6.54 Å². The van der Waals surface area contributed by atoms with Crippen LogP contribution < -0.4 is 4.74 Å². The number of benzene rings is 1. The highest BCUT2D eigenvalue weighted by Gasteiger charge is 2.21. The molecule has 1 aromatic carbocycles. The third-order valence-electron chi connectivity index (χ3n) is 4.62. The quantitative estimate of drug-likeness (QED) is 0.788. The summed E-state index contributed by atoms with van der Waals surface area (Å²) in [6.07, 6.45) is 10.2. The molecule has 120 valence electrons. The zero-order valence-corrected chi connectivity index (χ0v) is 13.2. The average Bonchev–Trinajstić information content (AvgIpc) is 3.26. The fourth-order valence-electron chi connectivity index (χ4n) is 3.27. The topological polar surface area (TPSA) is 46.1 Å². The van der Waals surface area contributed by atoms with Crippen molar-refractivity contribution in [1.29, 1.82) is 0 Å². The maximum absolute atomic E-state index is 6.26. The maximum Gasteiger partial charge on any atom is 0.129 e. The molecule has 5 nitrogen and oxygen atoms in total. The number of piperidine rings is 1. The van der Waals surface area contributed by atoms with E-state index in [9.17, 15) is 0 Å². The van der Waals surface area contributed by atoms with Crippen LogP contribution in [0.1, 0.15) is 12.8 Å². The molecule has 0 aliphatic carbocycles. The van der Waals surface area contributed by atoms with Crippen molar-refractivity contribution in [3.8, 4) is 5.75 Å². The van der Waals surface area contributed by atoms with Crippen LogP contribution in [-0.4, -0.2) is 45.2 Å². The second kappa shape index (κ2) is 6.46. The van der Waals surface area contributed by atoms with Gasteiger partial charge >= 0.3 is 0 Å². The van der Waals surface area contributed by atoms with Gasteiger partial charge in [0, 0.05) is 55.7 Å². The number of fused-ring (bicyclic) bond motifs is 1. The molecule has 0 radical (unpaired) electrons. The number of aromatic amines is 1. The lowest BCUT2D eigenvalue weighted by atomic mass is 10.1. The van der Waals surface area contributed by atoms with Crippen LogP contribution in [0.4, 0.5) is 0 Å². The van der Waals surface area contributed by atoms with Gasteiger partial charge in [-0.25, -0.2) is 4.98 Å². The number of rotatable bonds is 5. The summed E-state index contributed by atoms with van der Waals surface area (Å²) in [7, 11) is 0. The number of likely N-dealkylation sites (tertiary alicyclic amines) is 1. The first-order valence-corrected chi connectivity index (χ1v) is 8.29. The summed E-state index contributed by atoms with van der Waals surface area (Å²) in [6.45, 7) is 4.29. The van der Waals surface area contributed by atoms with Crippen LogP contribution in [0.15, 0.2) is 49.2 Å². The van der Waals surface area contributed by atoms with Gasteiger partial charge in [-0.15, -0.1) is 0 Å². The second-order valence-corrected chi connectivity index (χ2v) is 6.15. The number of nitrogens with zero attached hydrogens (tertiary/aromatic N) is 3. The van der Waals surface area contributed by atoms with Gasteiger partial charge in [0.15, 0.2) is 0 Å². The van der Waals surface area contributed by atoms with Crippen molar-refractivity contribution in [2.75, 3.05) is 19.6 Å². The normalized spacial score (nSPS) is 16.9. The first-order chi connectivity index (χ1) is 11.4. The summed E-state index contributed by atoms with van der Waals surface area (Å²) >= 11 is 0. The molecule has 23 heavy (non-hydrogen) atoms. The van der Waals surface area contributed by atoms with Gasteiger partial charge in [-0.05, 0) is 31.0 Å². The number of hydrogen-bond donors (Lipinski definition) is 1. The second-order valence-electron chi connectivity index (χ2n) is 6.15. The van der Waals surface area contributed by atoms with Crippen molar-refractivity contribution in [1.82, 2.24) is 19.4 Å². The van der Waals surface area contributed by atoms with E-state index < -0.39 is 0 Å². The van der Waals surface area contributed by atoms with E-state index in [2.05, 4.69) is 43.7 Å². The Bertz CT molecular complexity index is 741. The molecule has 3 aromatic rings. The molecule has 3 heterocycles. The van der Waals surface area contributed by atoms with Crippen LogP contribution in [0.5, 0.6) is 5.75 Å². The molecule has 0 spiro atoms. The SMILES string of the molecule is c1cc(OC2CCN(CCn3ccnc3)CC2)c2cc[nH]c2c1. The van der Waals surface area contributed by atoms with E-state index in [0.29, 0.717) is 6.10 Å². The number of nitrogens with one attached hydrogen (secondary N) is 1. The number of aromatic nitrogens is 3. The Morgan fingerprint density at radius 1 is 1.17 bits per heavy atom. The smallest absolute Gasteiger partial charge is 0.129 e. The molecule has 5 heteroatoms. The first-order valence-electron chi connectivity index (χ1n) is 8.29. The minimum absolute atomic E-state index is 0.319. The lowest BCUT2D eigenvalue weighted by Gasteiger charge is -2.32. The lowest BCUT2D eigenvalue weighted by Crippen LogP contribution is -2.39. The zero-order valence-electron chi connectivity index (χ0n) is 13.2. The minimum Gasteiger partial charge on any atom is -0.490 e. The minimum atomic E-state index is 0.319. The molecule has 0 bridgehead atoms. The Kier molecular flexibility index (Phi) is 4.03. The van der Waals surface area contributed by atoms with E-state index in [0.717, 1.165) is 50.3 Å². The fraction of sp³-hybridized carbons (Fsp3) is 0.389. The van der Waals surface area contributed by atoms with Gasteiger partial charge in [-0.1, -0.05) is 6.07 Å². The molecule has 4 rings (SSSR count). The van der Waals surface area contributed by atoms with Gasteiger partial charge in [0.2, 0.25) is 0 Å². The van der Waals surface area contributed by atoms with Crippen LogP contribution in [0.25, 0.3) is 10.9 Å². The van der Waals surface area contributed by atoms with Crippen molar-refractivity contribution >= 4 is 10.9 Å². The third-order valence-corrected chi connectivity index (χ3v) is 4.62. The van der Waals surface area contributed by atoms with E-state index in [4.69, 9.17) is 4.74 Å². The molecule has 1 N–H and O–H groups in total. The number of ether oxygens (including phenoxy) is 1. The van der Waals surface area contributed by atoms with Gasteiger partial charge in [0.05, 0.1) is 6.33 Å². The number of hydrogen-bond acceptors (Lipinski definition) is 3. The van der Waals surface area contributed by atoms with Crippen LogP contribution >= 0.6 is 0 Å². The molecule has 1 saturated heterocycles. The largest absolute Gasteiger partial charge is 0.490 e. The first kappa shape index (κ1) is 14.3. The molecule has 0 unspecified atom stereocenters. The predicted octanol–water partition coefficient (Wildman–Crippen LogP) is 2.91. The molecule has 0 saturated carbocycles. The Balaban J connectivity index is 1.30. The summed E-state index contributed by atoms with van der Waals surface area (Å²) in [5.74, 6) is 1.00. The summed E-state index contributed by atoms with van der Waals surface area (Å²) in [6, 6.07) is 8.29. The number of H-pyrrole nitrogens is 1. The summed E-state index contributed by atoms with van der Waals surface area (Å²) < 4.78 is 8.40. The Morgan fingerprint density at radius 2 is 2.09 bits per heavy atom. The van der Waals surface area contributed by atoms with Crippen LogP contribution in [0, 0.1) is 0 Å². The van der Waals surface area contributed by atoms with E-state index in [1.54, 1.807) is 0 Å². The van der Waals surface area contributed by atoms with Crippen molar-refractivity contribution < 1.29 is 4.74 Å². The molecule has 0 atom stereocenters. The molecular weight excluding hydrogens is 288 g/mol. The zero-order chi connectivity index (χ0) is 15.5. The van der Waals surface area contributed by atoms with Gasteiger partial charge in [-0.2, -0.15) is 0 Å². The lowest BCUT2D eigenvalue weighted by molar-refractivity contribution is 0.0998. The van der Waals surface area contributed by atoms with Crippen molar-refractivity contribution in [2.45, 2.75) is 25.5 Å². The van der Waals surface area contributed by atoms with Crippen molar-refractivity contribution in [3.63, 3.8) is 0 Å². The standard InChI is InChI=1S/C18H22N4O/c1-2-17-16(4-7-20-17)18(3-1)23-15-5-9-21(10-6-15)12-13-22-11-8-19-14-22/h1-4,7-8,11,14-15,20H,5-6,9-10,12-13H2. The summed E-state index contributed by atoms with van der Waals surface area (Å²) in [5, 5.41) is 1.18. The van der Waals surface area contributed by atoms with Gasteiger partial charge in [0.1, 0.15) is 11.9 Å². The summed E-state index contributed by atoms with van der Waals surface area (Å²) in [4.78, 5) is 9.84. The van der Waals surface area contributed by atoms with Gasteiger partial charge in [0.25, 0.3) is 0 Å². The highest BCUT2D eigenvalue weighted by molar-refractivity contribution is 5.85. The highest BCUT2D eigenvalue weighted by Crippen LogP contribution is 2.27. The molecule has 2 aromatic heterocycles. The van der Waals surface area contributed by atoms with Crippen LogP contribution in [0.2, 0.25) is 0 Å². The van der Waals surface area contributed by atoms with Gasteiger partial charge < -0.3 is 19.2 Å². The van der Waals surface area contributed by atoms with Crippen molar-refractivity contribution in [3.05, 3.63) is 49.2 Å². The molecule has 1 aliphatic heterocycles.